The molecular weight excluding hydrogens is 350 g/mol. The maximum atomic E-state index is 12.9. The first-order valence-electron chi connectivity index (χ1n) is 8.01. The highest BCUT2D eigenvalue weighted by atomic mass is 32.1. The van der Waals surface area contributed by atoms with Gasteiger partial charge >= 0.3 is 0 Å². The van der Waals surface area contributed by atoms with Crippen LogP contribution in [-0.4, -0.2) is 23.2 Å². The minimum atomic E-state index is -0.470. The predicted molar refractivity (Wildman–Crippen MR) is 104 cm³/mol. The lowest BCUT2D eigenvalue weighted by atomic mass is 9.94. The van der Waals surface area contributed by atoms with Gasteiger partial charge in [-0.2, -0.15) is 0 Å². The molecule has 7 heteroatoms. The number of thiocarbonyl (C=S) groups is 1. The molecule has 0 radical (unpaired) electrons. The number of phenols is 1. The fourth-order valence-corrected chi connectivity index (χ4v) is 3.11. The van der Waals surface area contributed by atoms with Crippen LogP contribution in [0, 0.1) is 0 Å². The van der Waals surface area contributed by atoms with Crippen molar-refractivity contribution in [3.63, 3.8) is 0 Å². The van der Waals surface area contributed by atoms with Crippen LogP contribution in [-0.2, 0) is 4.79 Å². The number of amides is 1. The van der Waals surface area contributed by atoms with E-state index in [0.29, 0.717) is 27.8 Å². The maximum absolute atomic E-state index is 12.9. The van der Waals surface area contributed by atoms with Gasteiger partial charge in [0, 0.05) is 11.4 Å². The van der Waals surface area contributed by atoms with Crippen molar-refractivity contribution in [1.29, 1.82) is 0 Å². The van der Waals surface area contributed by atoms with E-state index >= 15 is 0 Å². The number of carbonyl (C=O) groups is 1. The zero-order valence-electron chi connectivity index (χ0n) is 14.4. The lowest BCUT2D eigenvalue weighted by Crippen LogP contribution is -2.45. The van der Waals surface area contributed by atoms with Crippen molar-refractivity contribution in [3.05, 3.63) is 65.4 Å². The Morgan fingerprint density at radius 2 is 1.96 bits per heavy atom. The molecular formula is C19H19N3O3S. The largest absolute Gasteiger partial charge is 0.504 e. The summed E-state index contributed by atoms with van der Waals surface area (Å²) in [5.74, 6) is 0.117. The van der Waals surface area contributed by atoms with Crippen LogP contribution in [0.1, 0.15) is 18.5 Å². The summed E-state index contributed by atoms with van der Waals surface area (Å²) in [6.07, 6.45) is 0. The van der Waals surface area contributed by atoms with Gasteiger partial charge in [0.05, 0.1) is 18.7 Å². The van der Waals surface area contributed by atoms with Crippen LogP contribution in [0.25, 0.3) is 0 Å². The average Bonchev–Trinajstić information content (AvgIpc) is 2.62. The Morgan fingerprint density at radius 1 is 1.23 bits per heavy atom. The van der Waals surface area contributed by atoms with Crippen LogP contribution in [0.3, 0.4) is 0 Å². The molecule has 0 aromatic heterocycles. The summed E-state index contributed by atoms with van der Waals surface area (Å²) in [6, 6.07) is 13.7. The molecule has 0 saturated carbocycles. The molecule has 0 saturated heterocycles. The Labute approximate surface area is 156 Å². The van der Waals surface area contributed by atoms with Crippen molar-refractivity contribution >= 4 is 28.9 Å². The highest BCUT2D eigenvalue weighted by Gasteiger charge is 2.30. The summed E-state index contributed by atoms with van der Waals surface area (Å²) in [5, 5.41) is 19.3. The molecule has 26 heavy (non-hydrogen) atoms. The van der Waals surface area contributed by atoms with Gasteiger partial charge in [0.2, 0.25) is 0 Å². The van der Waals surface area contributed by atoms with Crippen molar-refractivity contribution in [2.45, 2.75) is 13.0 Å². The minimum Gasteiger partial charge on any atom is -0.504 e. The molecule has 1 aliphatic heterocycles. The number of ether oxygens (including phenoxy) is 1. The second-order valence-electron chi connectivity index (χ2n) is 5.82. The lowest BCUT2D eigenvalue weighted by molar-refractivity contribution is -0.113. The summed E-state index contributed by atoms with van der Waals surface area (Å²) in [5.41, 5.74) is 2.63. The van der Waals surface area contributed by atoms with Gasteiger partial charge in [0.15, 0.2) is 16.6 Å². The number of rotatable bonds is 4. The SMILES string of the molecule is COc1cc(C2NC(=S)NC(C)=C2C(=O)Nc2ccccc2)ccc1O. The molecule has 134 valence electrons. The Hall–Kier alpha value is -3.06. The summed E-state index contributed by atoms with van der Waals surface area (Å²) >= 11 is 5.25. The van der Waals surface area contributed by atoms with Crippen molar-refractivity contribution in [2.24, 2.45) is 0 Å². The molecule has 0 fully saturated rings. The van der Waals surface area contributed by atoms with Gasteiger partial charge in [-0.25, -0.2) is 0 Å². The quantitative estimate of drug-likeness (QED) is 0.621. The van der Waals surface area contributed by atoms with Gasteiger partial charge in [-0.3, -0.25) is 4.79 Å². The molecule has 6 nitrogen and oxygen atoms in total. The van der Waals surface area contributed by atoms with Crippen LogP contribution >= 0.6 is 12.2 Å². The molecule has 4 N–H and O–H groups in total. The van der Waals surface area contributed by atoms with E-state index in [-0.39, 0.29) is 11.7 Å². The van der Waals surface area contributed by atoms with Crippen LogP contribution in [0.15, 0.2) is 59.8 Å². The van der Waals surface area contributed by atoms with Crippen LogP contribution in [0.4, 0.5) is 5.69 Å². The third kappa shape index (κ3) is 3.62. The third-order valence-corrected chi connectivity index (χ3v) is 4.30. The number of carbonyl (C=O) groups excluding carboxylic acids is 1. The molecule has 0 aliphatic carbocycles. The summed E-state index contributed by atoms with van der Waals surface area (Å²) < 4.78 is 5.18. The average molecular weight is 369 g/mol. The van der Waals surface area contributed by atoms with E-state index in [0.717, 1.165) is 5.56 Å². The minimum absolute atomic E-state index is 0.0312. The molecule has 1 unspecified atom stereocenters. The molecule has 1 amide bonds. The van der Waals surface area contributed by atoms with Gasteiger partial charge in [-0.05, 0) is 49.0 Å². The molecule has 2 aromatic carbocycles. The number of nitrogens with one attached hydrogen (secondary N) is 3. The van der Waals surface area contributed by atoms with Crippen molar-refractivity contribution in [2.75, 3.05) is 12.4 Å². The zero-order valence-corrected chi connectivity index (χ0v) is 15.2. The third-order valence-electron chi connectivity index (χ3n) is 4.08. The first-order valence-corrected chi connectivity index (χ1v) is 8.42. The summed E-state index contributed by atoms with van der Waals surface area (Å²) in [4.78, 5) is 12.9. The standard InChI is InChI=1S/C19H19N3O3S/c1-11-16(18(24)21-13-6-4-3-5-7-13)17(22-19(26)20-11)12-8-9-14(23)15(10-12)25-2/h3-10,17,23H,1-2H3,(H,21,24)(H2,20,22,26). The Kier molecular flexibility index (Phi) is 5.09. The summed E-state index contributed by atoms with van der Waals surface area (Å²) in [6.45, 7) is 1.80. The summed E-state index contributed by atoms with van der Waals surface area (Å²) in [7, 11) is 1.48. The number of phenolic OH excluding ortho intramolecular Hbond substituents is 1. The van der Waals surface area contributed by atoms with E-state index in [1.54, 1.807) is 19.1 Å². The molecule has 1 aliphatic rings. The Bertz CT molecular complexity index is 881. The smallest absolute Gasteiger partial charge is 0.255 e. The molecule has 0 bridgehead atoms. The highest BCUT2D eigenvalue weighted by Crippen LogP contribution is 2.33. The number of methoxy groups -OCH3 is 1. The van der Waals surface area contributed by atoms with Crippen molar-refractivity contribution < 1.29 is 14.6 Å². The molecule has 0 spiro atoms. The number of para-hydroxylation sites is 1. The van der Waals surface area contributed by atoms with Crippen LogP contribution < -0.4 is 20.7 Å². The predicted octanol–water partition coefficient (Wildman–Crippen LogP) is 2.83. The van der Waals surface area contributed by atoms with Crippen LogP contribution in [0.2, 0.25) is 0 Å². The number of allylic oxidation sites excluding steroid dienone is 1. The maximum Gasteiger partial charge on any atom is 0.255 e. The molecule has 1 atom stereocenters. The lowest BCUT2D eigenvalue weighted by Gasteiger charge is -2.30. The fraction of sp³-hybridized carbons (Fsp3) is 0.158. The number of benzene rings is 2. The highest BCUT2D eigenvalue weighted by molar-refractivity contribution is 7.80. The van der Waals surface area contributed by atoms with Crippen molar-refractivity contribution in [1.82, 2.24) is 10.6 Å². The first-order chi connectivity index (χ1) is 12.5. The zero-order chi connectivity index (χ0) is 18.7. The monoisotopic (exact) mass is 369 g/mol. The second-order valence-corrected chi connectivity index (χ2v) is 6.23. The molecule has 2 aromatic rings. The number of anilines is 1. The topological polar surface area (TPSA) is 82.6 Å². The van der Waals surface area contributed by atoms with E-state index in [4.69, 9.17) is 17.0 Å². The van der Waals surface area contributed by atoms with Crippen LogP contribution in [0.5, 0.6) is 11.5 Å². The van der Waals surface area contributed by atoms with E-state index in [2.05, 4.69) is 16.0 Å². The number of aromatic hydroxyl groups is 1. The first kappa shape index (κ1) is 17.8. The molecule has 3 rings (SSSR count). The Balaban J connectivity index is 1.98. The normalized spacial score (nSPS) is 16.5. The van der Waals surface area contributed by atoms with E-state index < -0.39 is 6.04 Å². The fourth-order valence-electron chi connectivity index (χ4n) is 2.84. The van der Waals surface area contributed by atoms with E-state index in [1.165, 1.54) is 13.2 Å². The van der Waals surface area contributed by atoms with Gasteiger partial charge in [-0.1, -0.05) is 24.3 Å². The van der Waals surface area contributed by atoms with Gasteiger partial charge in [-0.15, -0.1) is 0 Å². The number of hydrogen-bond donors (Lipinski definition) is 4. The van der Waals surface area contributed by atoms with E-state index in [1.807, 2.05) is 30.3 Å². The van der Waals surface area contributed by atoms with Gasteiger partial charge in [0.1, 0.15) is 0 Å². The molecule has 1 heterocycles. The van der Waals surface area contributed by atoms with Gasteiger partial charge < -0.3 is 25.8 Å². The second kappa shape index (κ2) is 7.45. The van der Waals surface area contributed by atoms with Crippen molar-refractivity contribution in [3.8, 4) is 11.5 Å². The number of hydrogen-bond acceptors (Lipinski definition) is 4. The van der Waals surface area contributed by atoms with Gasteiger partial charge in [0.25, 0.3) is 5.91 Å². The van der Waals surface area contributed by atoms with E-state index in [9.17, 15) is 9.90 Å². The Morgan fingerprint density at radius 3 is 2.65 bits per heavy atom.